The third kappa shape index (κ3) is 3.55. The summed E-state index contributed by atoms with van der Waals surface area (Å²) in [4.78, 5) is 13.4. The summed E-state index contributed by atoms with van der Waals surface area (Å²) in [5.41, 5.74) is 0.893. The van der Waals surface area contributed by atoms with Gasteiger partial charge in [-0.15, -0.1) is 0 Å². The fraction of sp³-hybridized carbons (Fsp3) is 0.533. The summed E-state index contributed by atoms with van der Waals surface area (Å²) in [6.07, 6.45) is 1.88. The minimum absolute atomic E-state index is 0.318. The summed E-state index contributed by atoms with van der Waals surface area (Å²) in [6, 6.07) is 8.01. The number of nitrogens with zero attached hydrogens (tertiary/aromatic N) is 1. The van der Waals surface area contributed by atoms with Crippen LogP contribution in [-0.2, 0) is 16.1 Å². The lowest BCUT2D eigenvalue weighted by molar-refractivity contribution is -0.117. The van der Waals surface area contributed by atoms with Crippen molar-refractivity contribution in [3.8, 4) is 5.75 Å². The molecule has 1 aromatic carbocycles. The quantitative estimate of drug-likeness (QED) is 0.733. The molecule has 1 aliphatic rings. The van der Waals surface area contributed by atoms with Crippen LogP contribution < -0.4 is 4.74 Å². The molecule has 0 aliphatic carbocycles. The third-order valence-corrected chi connectivity index (χ3v) is 3.58. The predicted octanol–water partition coefficient (Wildman–Crippen LogP) is 1.73. The number of hydrogen-bond donors (Lipinski definition) is 0. The standard InChI is InChI=1S/C15H21NO3/c1-16(10-15(11-17)7-8-19-12-15)9-13-3-5-14(18-2)6-4-13/h3-6,11H,7-10,12H2,1-2H3. The molecule has 1 unspecified atom stereocenters. The largest absolute Gasteiger partial charge is 0.497 e. The van der Waals surface area contributed by atoms with Crippen molar-refractivity contribution in [3.63, 3.8) is 0 Å². The zero-order valence-electron chi connectivity index (χ0n) is 11.6. The zero-order valence-corrected chi connectivity index (χ0v) is 11.6. The predicted molar refractivity (Wildman–Crippen MR) is 73.3 cm³/mol. The highest BCUT2D eigenvalue weighted by atomic mass is 16.5. The van der Waals surface area contributed by atoms with Gasteiger partial charge in [0.15, 0.2) is 0 Å². The Bertz CT molecular complexity index is 410. The van der Waals surface area contributed by atoms with Crippen molar-refractivity contribution in [2.24, 2.45) is 5.41 Å². The lowest BCUT2D eigenvalue weighted by Gasteiger charge is -2.27. The minimum Gasteiger partial charge on any atom is -0.497 e. The Morgan fingerprint density at radius 2 is 2.16 bits per heavy atom. The second-order valence-corrected chi connectivity index (χ2v) is 5.30. The van der Waals surface area contributed by atoms with Crippen molar-refractivity contribution in [2.45, 2.75) is 13.0 Å². The van der Waals surface area contributed by atoms with E-state index in [1.165, 1.54) is 5.56 Å². The van der Waals surface area contributed by atoms with Crippen molar-refractivity contribution < 1.29 is 14.3 Å². The molecule has 1 aromatic rings. The van der Waals surface area contributed by atoms with Crippen molar-refractivity contribution in [2.75, 3.05) is 33.9 Å². The molecule has 0 bridgehead atoms. The Kier molecular flexibility index (Phi) is 4.56. The van der Waals surface area contributed by atoms with E-state index in [1.807, 2.05) is 31.3 Å². The molecule has 1 saturated heterocycles. The fourth-order valence-corrected chi connectivity index (χ4v) is 2.51. The zero-order chi connectivity index (χ0) is 13.7. The number of methoxy groups -OCH3 is 1. The molecule has 0 spiro atoms. The number of hydrogen-bond acceptors (Lipinski definition) is 4. The van der Waals surface area contributed by atoms with Crippen LogP contribution in [0.3, 0.4) is 0 Å². The second kappa shape index (κ2) is 6.17. The highest BCUT2D eigenvalue weighted by molar-refractivity contribution is 5.60. The Hall–Kier alpha value is -1.39. The van der Waals surface area contributed by atoms with Gasteiger partial charge >= 0.3 is 0 Å². The average molecular weight is 263 g/mol. The number of carbonyl (C=O) groups excluding carboxylic acids is 1. The van der Waals surface area contributed by atoms with Crippen LogP contribution in [0.1, 0.15) is 12.0 Å². The van der Waals surface area contributed by atoms with E-state index in [4.69, 9.17) is 9.47 Å². The van der Waals surface area contributed by atoms with Crippen LogP contribution in [0.5, 0.6) is 5.75 Å². The summed E-state index contributed by atoms with van der Waals surface area (Å²) in [6.45, 7) is 2.79. The number of ether oxygens (including phenoxy) is 2. The van der Waals surface area contributed by atoms with Gasteiger partial charge in [-0.1, -0.05) is 12.1 Å². The molecule has 4 heteroatoms. The number of carbonyl (C=O) groups is 1. The first-order valence-electron chi connectivity index (χ1n) is 6.53. The number of benzene rings is 1. The molecule has 1 heterocycles. The Morgan fingerprint density at radius 3 is 2.68 bits per heavy atom. The smallest absolute Gasteiger partial charge is 0.129 e. The molecular weight excluding hydrogens is 242 g/mol. The topological polar surface area (TPSA) is 38.8 Å². The summed E-state index contributed by atoms with van der Waals surface area (Å²) in [5, 5.41) is 0. The Balaban J connectivity index is 1.92. The molecule has 0 saturated carbocycles. The van der Waals surface area contributed by atoms with Crippen LogP contribution in [0.25, 0.3) is 0 Å². The molecule has 0 radical (unpaired) electrons. The summed E-state index contributed by atoms with van der Waals surface area (Å²) in [5.74, 6) is 0.861. The lowest BCUT2D eigenvalue weighted by Crippen LogP contribution is -2.37. The highest BCUT2D eigenvalue weighted by Crippen LogP contribution is 2.27. The third-order valence-electron chi connectivity index (χ3n) is 3.58. The maximum atomic E-state index is 11.3. The van der Waals surface area contributed by atoms with Gasteiger partial charge in [0.2, 0.25) is 0 Å². The first kappa shape index (κ1) is 14.0. The monoisotopic (exact) mass is 263 g/mol. The molecule has 0 N–H and O–H groups in total. The van der Waals surface area contributed by atoms with E-state index in [0.717, 1.165) is 31.5 Å². The molecule has 4 nitrogen and oxygen atoms in total. The van der Waals surface area contributed by atoms with E-state index in [1.54, 1.807) is 7.11 Å². The Morgan fingerprint density at radius 1 is 1.42 bits per heavy atom. The molecular formula is C15H21NO3. The highest BCUT2D eigenvalue weighted by Gasteiger charge is 2.35. The van der Waals surface area contributed by atoms with E-state index < -0.39 is 0 Å². The molecule has 104 valence electrons. The minimum atomic E-state index is -0.318. The van der Waals surface area contributed by atoms with Crippen molar-refractivity contribution in [3.05, 3.63) is 29.8 Å². The van der Waals surface area contributed by atoms with Crippen molar-refractivity contribution in [1.29, 1.82) is 0 Å². The van der Waals surface area contributed by atoms with Gasteiger partial charge in [-0.2, -0.15) is 0 Å². The van der Waals surface area contributed by atoms with E-state index in [-0.39, 0.29) is 5.41 Å². The number of rotatable bonds is 6. The van der Waals surface area contributed by atoms with Crippen LogP contribution in [0.4, 0.5) is 0 Å². The Labute approximate surface area is 114 Å². The van der Waals surface area contributed by atoms with E-state index >= 15 is 0 Å². The second-order valence-electron chi connectivity index (χ2n) is 5.30. The molecule has 19 heavy (non-hydrogen) atoms. The van der Waals surface area contributed by atoms with Gasteiger partial charge in [0, 0.05) is 19.7 Å². The average Bonchev–Trinajstić information content (AvgIpc) is 2.88. The lowest BCUT2D eigenvalue weighted by atomic mass is 9.88. The molecule has 0 aromatic heterocycles. The van der Waals surface area contributed by atoms with Crippen LogP contribution >= 0.6 is 0 Å². The maximum absolute atomic E-state index is 11.3. The van der Waals surface area contributed by atoms with Gasteiger partial charge in [-0.05, 0) is 31.2 Å². The van der Waals surface area contributed by atoms with E-state index in [2.05, 4.69) is 4.90 Å². The van der Waals surface area contributed by atoms with Crippen LogP contribution in [0, 0.1) is 5.41 Å². The molecule has 0 amide bonds. The van der Waals surface area contributed by atoms with Gasteiger partial charge in [-0.3, -0.25) is 0 Å². The van der Waals surface area contributed by atoms with Gasteiger partial charge in [0.05, 0.1) is 19.1 Å². The summed E-state index contributed by atoms with van der Waals surface area (Å²) >= 11 is 0. The number of aldehydes is 1. The van der Waals surface area contributed by atoms with Crippen LogP contribution in [-0.4, -0.2) is 45.1 Å². The SMILES string of the molecule is COc1ccc(CN(C)CC2(C=O)CCOC2)cc1. The first-order chi connectivity index (χ1) is 9.17. The molecule has 1 aliphatic heterocycles. The van der Waals surface area contributed by atoms with E-state index in [0.29, 0.717) is 13.2 Å². The summed E-state index contributed by atoms with van der Waals surface area (Å²) in [7, 11) is 3.70. The maximum Gasteiger partial charge on any atom is 0.129 e. The van der Waals surface area contributed by atoms with Gasteiger partial charge in [0.1, 0.15) is 12.0 Å². The van der Waals surface area contributed by atoms with Crippen molar-refractivity contribution >= 4 is 6.29 Å². The van der Waals surface area contributed by atoms with Gasteiger partial charge < -0.3 is 19.2 Å². The molecule has 1 fully saturated rings. The van der Waals surface area contributed by atoms with E-state index in [9.17, 15) is 4.79 Å². The molecule has 2 rings (SSSR count). The normalized spacial score (nSPS) is 22.7. The molecule has 1 atom stereocenters. The first-order valence-corrected chi connectivity index (χ1v) is 6.53. The van der Waals surface area contributed by atoms with Crippen LogP contribution in [0.15, 0.2) is 24.3 Å². The van der Waals surface area contributed by atoms with Crippen molar-refractivity contribution in [1.82, 2.24) is 4.90 Å². The summed E-state index contributed by atoms with van der Waals surface area (Å²) < 4.78 is 10.5. The van der Waals surface area contributed by atoms with Gasteiger partial charge in [-0.25, -0.2) is 0 Å². The van der Waals surface area contributed by atoms with Crippen LogP contribution in [0.2, 0.25) is 0 Å². The van der Waals surface area contributed by atoms with Gasteiger partial charge in [0.25, 0.3) is 0 Å². The fourth-order valence-electron chi connectivity index (χ4n) is 2.51.